The van der Waals surface area contributed by atoms with Gasteiger partial charge >= 0.3 is 5.97 Å². The summed E-state index contributed by atoms with van der Waals surface area (Å²) in [6.45, 7) is -0.544. The van der Waals surface area contributed by atoms with Crippen molar-refractivity contribution >= 4 is 11.9 Å². The van der Waals surface area contributed by atoms with Gasteiger partial charge in [0, 0.05) is 11.6 Å². The first kappa shape index (κ1) is 21.1. The molecular weight excluding hydrogens is 391 g/mol. The third kappa shape index (κ3) is 5.26. The van der Waals surface area contributed by atoms with Crippen LogP contribution in [0.5, 0.6) is 0 Å². The van der Waals surface area contributed by atoms with Gasteiger partial charge in [0.05, 0.1) is 18.7 Å². The van der Waals surface area contributed by atoms with Gasteiger partial charge in [0.25, 0.3) is 5.91 Å². The standard InChI is InChI=1S/C21H21FN4O4/c22-18-4-2-1-3-17(18)14-7-5-13(6-8-14)9-16(10-15(12-27)21(29)30)24-20(28)19-11-23-26-25-19/h1-8,11,15-16,27H,9-10,12H2,(H,24,28)(H,29,30)(H,23,25,26). The molecule has 0 radical (unpaired) electrons. The first-order valence-corrected chi connectivity index (χ1v) is 9.32. The fourth-order valence-corrected chi connectivity index (χ4v) is 3.16. The van der Waals surface area contributed by atoms with Crippen LogP contribution >= 0.6 is 0 Å². The zero-order valence-corrected chi connectivity index (χ0v) is 16.0. The summed E-state index contributed by atoms with van der Waals surface area (Å²) in [7, 11) is 0. The van der Waals surface area contributed by atoms with Crippen LogP contribution in [0.15, 0.2) is 54.7 Å². The zero-order chi connectivity index (χ0) is 21.5. The van der Waals surface area contributed by atoms with Gasteiger partial charge in [-0.1, -0.05) is 42.5 Å². The van der Waals surface area contributed by atoms with Gasteiger partial charge in [0.2, 0.25) is 0 Å². The Labute approximate surface area is 171 Å². The second-order valence-corrected chi connectivity index (χ2v) is 6.86. The van der Waals surface area contributed by atoms with E-state index >= 15 is 0 Å². The van der Waals surface area contributed by atoms with E-state index in [2.05, 4.69) is 20.7 Å². The van der Waals surface area contributed by atoms with Crippen molar-refractivity contribution in [3.05, 3.63) is 71.8 Å². The number of carbonyl (C=O) groups excluding carboxylic acids is 1. The molecule has 0 aliphatic carbocycles. The molecule has 2 atom stereocenters. The van der Waals surface area contributed by atoms with Crippen molar-refractivity contribution in [1.29, 1.82) is 0 Å². The van der Waals surface area contributed by atoms with Crippen LogP contribution in [0.25, 0.3) is 11.1 Å². The molecule has 4 N–H and O–H groups in total. The molecule has 1 heterocycles. The van der Waals surface area contributed by atoms with Gasteiger partial charge in [-0.05, 0) is 30.0 Å². The molecule has 156 valence electrons. The molecular formula is C21H21FN4O4. The lowest BCUT2D eigenvalue weighted by Gasteiger charge is -2.21. The van der Waals surface area contributed by atoms with Crippen LogP contribution in [0.2, 0.25) is 0 Å². The topological polar surface area (TPSA) is 128 Å². The number of hydrogen-bond acceptors (Lipinski definition) is 5. The minimum absolute atomic E-state index is 0.0322. The minimum Gasteiger partial charge on any atom is -0.481 e. The number of amides is 1. The van der Waals surface area contributed by atoms with Crippen LogP contribution < -0.4 is 5.32 Å². The Kier molecular flexibility index (Phi) is 6.87. The van der Waals surface area contributed by atoms with E-state index in [0.29, 0.717) is 17.5 Å². The number of benzene rings is 2. The molecule has 30 heavy (non-hydrogen) atoms. The number of carboxylic acid groups (broad SMARTS) is 1. The number of aliphatic hydroxyl groups is 1. The van der Waals surface area contributed by atoms with Crippen molar-refractivity contribution in [3.8, 4) is 11.1 Å². The molecule has 0 bridgehead atoms. The molecule has 0 aliphatic heterocycles. The molecule has 3 rings (SSSR count). The molecule has 0 fully saturated rings. The maximum absolute atomic E-state index is 14.0. The number of aromatic amines is 1. The summed E-state index contributed by atoms with van der Waals surface area (Å²) in [6, 6.07) is 13.0. The third-order valence-electron chi connectivity index (χ3n) is 4.74. The molecule has 0 spiro atoms. The maximum atomic E-state index is 14.0. The lowest BCUT2D eigenvalue weighted by Crippen LogP contribution is -2.40. The van der Waals surface area contributed by atoms with Gasteiger partial charge in [-0.2, -0.15) is 15.4 Å². The second kappa shape index (κ2) is 9.75. The highest BCUT2D eigenvalue weighted by Gasteiger charge is 2.24. The molecule has 8 nitrogen and oxygen atoms in total. The largest absolute Gasteiger partial charge is 0.481 e. The maximum Gasteiger partial charge on any atom is 0.308 e. The first-order chi connectivity index (χ1) is 14.5. The van der Waals surface area contributed by atoms with Gasteiger partial charge < -0.3 is 15.5 Å². The van der Waals surface area contributed by atoms with E-state index in [-0.39, 0.29) is 17.9 Å². The molecule has 1 aromatic heterocycles. The summed E-state index contributed by atoms with van der Waals surface area (Å²) in [6.07, 6.45) is 1.62. The number of hydrogen-bond donors (Lipinski definition) is 4. The predicted octanol–water partition coefficient (Wildman–Crippen LogP) is 2.04. The van der Waals surface area contributed by atoms with Gasteiger partial charge in [-0.25, -0.2) is 4.39 Å². The number of aliphatic hydroxyl groups excluding tert-OH is 1. The Hall–Kier alpha value is -3.59. The van der Waals surface area contributed by atoms with Crippen LogP contribution in [0.4, 0.5) is 4.39 Å². The molecule has 2 unspecified atom stereocenters. The van der Waals surface area contributed by atoms with Gasteiger partial charge in [-0.3, -0.25) is 9.59 Å². The SMILES string of the molecule is O=C(NC(Cc1ccc(-c2ccccc2F)cc1)CC(CO)C(=O)O)c1cn[nH]n1. The summed E-state index contributed by atoms with van der Waals surface area (Å²) in [5.74, 6) is -2.99. The fraction of sp³-hybridized carbons (Fsp3) is 0.238. The summed E-state index contributed by atoms with van der Waals surface area (Å²) in [5, 5.41) is 31.0. The van der Waals surface area contributed by atoms with Gasteiger partial charge in [0.15, 0.2) is 5.69 Å². The predicted molar refractivity (Wildman–Crippen MR) is 106 cm³/mol. The van der Waals surface area contributed by atoms with Gasteiger partial charge in [0.1, 0.15) is 5.82 Å². The number of aromatic nitrogens is 3. The van der Waals surface area contributed by atoms with Crippen LogP contribution in [0.1, 0.15) is 22.5 Å². The van der Waals surface area contributed by atoms with E-state index in [4.69, 9.17) is 0 Å². The number of halogens is 1. The lowest BCUT2D eigenvalue weighted by atomic mass is 9.94. The average molecular weight is 412 g/mol. The molecule has 9 heteroatoms. The summed E-state index contributed by atoms with van der Waals surface area (Å²) in [4.78, 5) is 23.7. The number of H-pyrrole nitrogens is 1. The third-order valence-corrected chi connectivity index (χ3v) is 4.74. The van der Waals surface area contributed by atoms with E-state index in [1.165, 1.54) is 12.3 Å². The highest BCUT2D eigenvalue weighted by molar-refractivity contribution is 5.92. The monoisotopic (exact) mass is 412 g/mol. The fourth-order valence-electron chi connectivity index (χ4n) is 3.16. The Bertz CT molecular complexity index is 993. The number of carboxylic acids is 1. The summed E-state index contributed by atoms with van der Waals surface area (Å²) >= 11 is 0. The van der Waals surface area contributed by atoms with Crippen molar-refractivity contribution in [2.24, 2.45) is 5.92 Å². The molecule has 0 aliphatic rings. The first-order valence-electron chi connectivity index (χ1n) is 9.32. The van der Waals surface area contributed by atoms with E-state index in [1.807, 2.05) is 0 Å². The second-order valence-electron chi connectivity index (χ2n) is 6.86. The molecule has 0 saturated heterocycles. The highest BCUT2D eigenvalue weighted by Crippen LogP contribution is 2.23. The van der Waals surface area contributed by atoms with Crippen LogP contribution in [0, 0.1) is 11.7 Å². The lowest BCUT2D eigenvalue weighted by molar-refractivity contribution is -0.143. The number of nitrogens with zero attached hydrogens (tertiary/aromatic N) is 2. The van der Waals surface area contributed by atoms with E-state index in [1.54, 1.807) is 42.5 Å². The van der Waals surface area contributed by atoms with Crippen molar-refractivity contribution < 1.29 is 24.2 Å². The van der Waals surface area contributed by atoms with Crippen LogP contribution in [-0.4, -0.2) is 50.1 Å². The van der Waals surface area contributed by atoms with Gasteiger partial charge in [-0.15, -0.1) is 0 Å². The van der Waals surface area contributed by atoms with Crippen LogP contribution in [-0.2, 0) is 11.2 Å². The quantitative estimate of drug-likeness (QED) is 0.426. The number of rotatable bonds is 9. The number of nitrogens with one attached hydrogen (secondary N) is 2. The average Bonchev–Trinajstić information content (AvgIpc) is 3.28. The molecule has 2 aromatic carbocycles. The Morgan fingerprint density at radius 2 is 1.87 bits per heavy atom. The van der Waals surface area contributed by atoms with E-state index in [9.17, 15) is 24.2 Å². The normalized spacial score (nSPS) is 12.9. The molecule has 3 aromatic rings. The van der Waals surface area contributed by atoms with E-state index in [0.717, 1.165) is 5.56 Å². The summed E-state index contributed by atoms with van der Waals surface area (Å²) < 4.78 is 14.0. The number of aliphatic carboxylic acids is 1. The van der Waals surface area contributed by atoms with Crippen molar-refractivity contribution in [2.45, 2.75) is 18.9 Å². The van der Waals surface area contributed by atoms with Crippen LogP contribution in [0.3, 0.4) is 0 Å². The smallest absolute Gasteiger partial charge is 0.308 e. The molecule has 0 saturated carbocycles. The summed E-state index contributed by atoms with van der Waals surface area (Å²) in [5.41, 5.74) is 2.08. The Balaban J connectivity index is 1.76. The van der Waals surface area contributed by atoms with Crippen molar-refractivity contribution in [2.75, 3.05) is 6.61 Å². The van der Waals surface area contributed by atoms with Crippen molar-refractivity contribution in [3.63, 3.8) is 0 Å². The minimum atomic E-state index is -1.15. The zero-order valence-electron chi connectivity index (χ0n) is 16.0. The van der Waals surface area contributed by atoms with E-state index < -0.39 is 30.4 Å². The Morgan fingerprint density at radius 1 is 1.13 bits per heavy atom. The van der Waals surface area contributed by atoms with Crippen molar-refractivity contribution in [1.82, 2.24) is 20.7 Å². The Morgan fingerprint density at radius 3 is 2.47 bits per heavy atom. The highest BCUT2D eigenvalue weighted by atomic mass is 19.1. The molecule has 1 amide bonds. The number of carbonyl (C=O) groups is 2.